The van der Waals surface area contributed by atoms with Gasteiger partial charge in [0.05, 0.1) is 0 Å². The number of hydrogen-bond donors (Lipinski definition) is 2. The zero-order chi connectivity index (χ0) is 25.2. The molecular weight excluding hydrogens is 447 g/mol. The van der Waals surface area contributed by atoms with Gasteiger partial charge in [-0.1, -0.05) is 48.5 Å². The van der Waals surface area contributed by atoms with E-state index in [-0.39, 0.29) is 43.1 Å². The van der Waals surface area contributed by atoms with Gasteiger partial charge >= 0.3 is 0 Å². The number of carbonyl (C=O) groups is 3. The highest BCUT2D eigenvalue weighted by molar-refractivity contribution is 5.94. The highest BCUT2D eigenvalue weighted by Gasteiger charge is 2.32. The smallest absolute Gasteiger partial charge is 0.247 e. The minimum absolute atomic E-state index is 0.0807. The van der Waals surface area contributed by atoms with E-state index < -0.39 is 11.9 Å². The summed E-state index contributed by atoms with van der Waals surface area (Å²) in [5.41, 5.74) is 1.30. The average Bonchev–Trinajstić information content (AvgIpc) is 2.84. The fourth-order valence-corrected chi connectivity index (χ4v) is 3.59. The molecule has 3 amide bonds. The van der Waals surface area contributed by atoms with Gasteiger partial charge in [-0.15, -0.1) is 0 Å². The molecule has 0 spiro atoms. The van der Waals surface area contributed by atoms with E-state index in [1.54, 1.807) is 24.4 Å². The lowest BCUT2D eigenvalue weighted by molar-refractivity contribution is -0.142. The Morgan fingerprint density at radius 2 is 1.60 bits per heavy atom. The van der Waals surface area contributed by atoms with Gasteiger partial charge in [-0.3, -0.25) is 14.4 Å². The van der Waals surface area contributed by atoms with Gasteiger partial charge in [-0.2, -0.15) is 0 Å². The Kier molecular flexibility index (Phi) is 9.06. The first-order valence-electron chi connectivity index (χ1n) is 11.4. The summed E-state index contributed by atoms with van der Waals surface area (Å²) in [6.07, 6.45) is 1.36. The molecule has 0 aliphatic carbocycles. The van der Waals surface area contributed by atoms with Crippen LogP contribution in [0.1, 0.15) is 43.9 Å². The Morgan fingerprint density at radius 3 is 2.23 bits per heavy atom. The lowest BCUT2D eigenvalue weighted by Gasteiger charge is -2.32. The molecule has 3 aromatic rings. The van der Waals surface area contributed by atoms with E-state index in [2.05, 4.69) is 15.6 Å². The van der Waals surface area contributed by atoms with Gasteiger partial charge in [0.2, 0.25) is 17.7 Å². The van der Waals surface area contributed by atoms with Gasteiger partial charge < -0.3 is 15.5 Å². The van der Waals surface area contributed by atoms with Crippen LogP contribution in [0.5, 0.6) is 0 Å². The fourth-order valence-electron chi connectivity index (χ4n) is 3.59. The number of benzene rings is 2. The molecule has 0 bridgehead atoms. The van der Waals surface area contributed by atoms with Gasteiger partial charge in [0.15, 0.2) is 0 Å². The maximum Gasteiger partial charge on any atom is 0.247 e. The zero-order valence-corrected chi connectivity index (χ0v) is 19.8. The molecule has 0 fully saturated rings. The van der Waals surface area contributed by atoms with Crippen molar-refractivity contribution in [2.24, 2.45) is 0 Å². The first kappa shape index (κ1) is 25.6. The predicted octanol–water partition coefficient (Wildman–Crippen LogP) is 4.23. The van der Waals surface area contributed by atoms with E-state index in [0.29, 0.717) is 11.4 Å². The van der Waals surface area contributed by atoms with Gasteiger partial charge in [-0.25, -0.2) is 9.37 Å². The standard InChI is InChI=1S/C27H29FN4O3/c1-19(2)30-27(35)26(21-11-13-22(28)14-12-21)32(18-20-8-4-3-5-9-20)25(34)16-15-24(33)31-23-10-6-7-17-29-23/h3-14,17,19,26H,15-16,18H2,1-2H3,(H,30,35)(H,29,31,33)/t26-/m0/s1. The van der Waals surface area contributed by atoms with Crippen LogP contribution in [0.4, 0.5) is 10.2 Å². The summed E-state index contributed by atoms with van der Waals surface area (Å²) in [6.45, 7) is 3.80. The molecule has 0 saturated carbocycles. The monoisotopic (exact) mass is 476 g/mol. The van der Waals surface area contributed by atoms with Gasteiger partial charge in [0, 0.05) is 31.6 Å². The first-order chi connectivity index (χ1) is 16.8. The van der Waals surface area contributed by atoms with Crippen LogP contribution >= 0.6 is 0 Å². The second-order valence-corrected chi connectivity index (χ2v) is 8.39. The van der Waals surface area contributed by atoms with E-state index >= 15 is 0 Å². The molecular formula is C27H29FN4O3. The third kappa shape index (κ3) is 7.74. The van der Waals surface area contributed by atoms with Crippen molar-refractivity contribution in [1.29, 1.82) is 0 Å². The van der Waals surface area contributed by atoms with E-state index in [1.807, 2.05) is 44.2 Å². The Bertz CT molecular complexity index is 1120. The Labute approximate surface area is 204 Å². The Balaban J connectivity index is 1.86. The molecule has 3 rings (SSSR count). The highest BCUT2D eigenvalue weighted by Crippen LogP contribution is 2.25. The van der Waals surface area contributed by atoms with Crippen LogP contribution in [0, 0.1) is 5.82 Å². The van der Waals surface area contributed by atoms with Crippen molar-refractivity contribution in [3.8, 4) is 0 Å². The van der Waals surface area contributed by atoms with Gasteiger partial charge in [0.25, 0.3) is 0 Å². The van der Waals surface area contributed by atoms with E-state index in [9.17, 15) is 18.8 Å². The van der Waals surface area contributed by atoms with Crippen LogP contribution in [0.15, 0.2) is 79.0 Å². The number of halogens is 1. The third-order valence-corrected chi connectivity index (χ3v) is 5.19. The number of carbonyl (C=O) groups excluding carboxylic acids is 3. The summed E-state index contributed by atoms with van der Waals surface area (Å²) in [5, 5.41) is 5.52. The fraction of sp³-hybridized carbons (Fsp3) is 0.259. The predicted molar refractivity (Wildman–Crippen MR) is 132 cm³/mol. The van der Waals surface area contributed by atoms with Crippen molar-refractivity contribution in [2.45, 2.75) is 45.3 Å². The summed E-state index contributed by atoms with van der Waals surface area (Å²) >= 11 is 0. The third-order valence-electron chi connectivity index (χ3n) is 5.19. The zero-order valence-electron chi connectivity index (χ0n) is 19.8. The van der Waals surface area contributed by atoms with Crippen molar-refractivity contribution in [3.05, 3.63) is 95.9 Å². The minimum atomic E-state index is -0.996. The number of pyridine rings is 1. The molecule has 1 heterocycles. The van der Waals surface area contributed by atoms with E-state index in [0.717, 1.165) is 5.56 Å². The molecule has 1 aromatic heterocycles. The van der Waals surface area contributed by atoms with Crippen LogP contribution in [-0.4, -0.2) is 33.6 Å². The normalized spacial score (nSPS) is 11.5. The summed E-state index contributed by atoms with van der Waals surface area (Å²) in [6, 6.07) is 18.8. The number of amides is 3. The van der Waals surface area contributed by atoms with Crippen LogP contribution in [0.2, 0.25) is 0 Å². The number of rotatable bonds is 10. The van der Waals surface area contributed by atoms with E-state index in [4.69, 9.17) is 0 Å². The second kappa shape index (κ2) is 12.4. The summed E-state index contributed by atoms with van der Waals surface area (Å²) in [7, 11) is 0. The maximum atomic E-state index is 13.6. The lowest BCUT2D eigenvalue weighted by Crippen LogP contribution is -2.45. The van der Waals surface area contributed by atoms with Crippen LogP contribution in [-0.2, 0) is 20.9 Å². The molecule has 7 nitrogen and oxygen atoms in total. The number of nitrogens with zero attached hydrogens (tertiary/aromatic N) is 2. The second-order valence-electron chi connectivity index (χ2n) is 8.39. The first-order valence-corrected chi connectivity index (χ1v) is 11.4. The molecule has 1 atom stereocenters. The van der Waals surface area contributed by atoms with Crippen molar-refractivity contribution < 1.29 is 18.8 Å². The van der Waals surface area contributed by atoms with Crippen molar-refractivity contribution >= 4 is 23.5 Å². The number of nitrogens with one attached hydrogen (secondary N) is 2. The topological polar surface area (TPSA) is 91.4 Å². The number of hydrogen-bond acceptors (Lipinski definition) is 4. The molecule has 35 heavy (non-hydrogen) atoms. The average molecular weight is 477 g/mol. The molecule has 0 radical (unpaired) electrons. The Morgan fingerprint density at radius 1 is 0.914 bits per heavy atom. The molecule has 0 unspecified atom stereocenters. The van der Waals surface area contributed by atoms with Crippen molar-refractivity contribution in [2.75, 3.05) is 5.32 Å². The lowest BCUT2D eigenvalue weighted by atomic mass is 10.0. The molecule has 0 aliphatic heterocycles. The van der Waals surface area contributed by atoms with Gasteiger partial charge in [0.1, 0.15) is 17.7 Å². The van der Waals surface area contributed by atoms with Crippen molar-refractivity contribution in [3.63, 3.8) is 0 Å². The van der Waals surface area contributed by atoms with E-state index in [1.165, 1.54) is 29.2 Å². The number of anilines is 1. The van der Waals surface area contributed by atoms with Crippen LogP contribution in [0.25, 0.3) is 0 Å². The highest BCUT2D eigenvalue weighted by atomic mass is 19.1. The maximum absolute atomic E-state index is 13.6. The summed E-state index contributed by atoms with van der Waals surface area (Å²) in [4.78, 5) is 44.6. The molecule has 2 aromatic carbocycles. The molecule has 0 aliphatic rings. The Hall–Kier alpha value is -4.07. The largest absolute Gasteiger partial charge is 0.352 e. The van der Waals surface area contributed by atoms with Crippen LogP contribution in [0.3, 0.4) is 0 Å². The molecule has 2 N–H and O–H groups in total. The minimum Gasteiger partial charge on any atom is -0.352 e. The van der Waals surface area contributed by atoms with Crippen molar-refractivity contribution in [1.82, 2.24) is 15.2 Å². The molecule has 0 saturated heterocycles. The van der Waals surface area contributed by atoms with Gasteiger partial charge in [-0.05, 0) is 49.2 Å². The molecule has 182 valence electrons. The quantitative estimate of drug-likeness (QED) is 0.458. The summed E-state index contributed by atoms with van der Waals surface area (Å²) in [5.74, 6) is -1.16. The van der Waals surface area contributed by atoms with Crippen LogP contribution < -0.4 is 10.6 Å². The SMILES string of the molecule is CC(C)NC(=O)[C@H](c1ccc(F)cc1)N(Cc1ccccc1)C(=O)CCC(=O)Nc1ccccn1. The number of aromatic nitrogens is 1. The molecule has 8 heteroatoms. The summed E-state index contributed by atoms with van der Waals surface area (Å²) < 4.78 is 13.6.